The van der Waals surface area contributed by atoms with E-state index < -0.39 is 5.41 Å². The van der Waals surface area contributed by atoms with E-state index >= 15 is 0 Å². The monoisotopic (exact) mass is 194 g/mol. The molecular formula is C11H14O3. The molecule has 0 aliphatic heterocycles. The van der Waals surface area contributed by atoms with Crippen LogP contribution in [-0.4, -0.2) is 10.9 Å². The van der Waals surface area contributed by atoms with E-state index in [-0.39, 0.29) is 11.5 Å². The molecule has 0 aliphatic rings. The molecule has 3 heteroatoms. The van der Waals surface area contributed by atoms with Crippen molar-refractivity contribution in [2.75, 3.05) is 0 Å². The number of allylic oxidation sites excluding steroid dienone is 1. The van der Waals surface area contributed by atoms with Crippen LogP contribution in [-0.2, 0) is 4.79 Å². The fourth-order valence-corrected chi connectivity index (χ4v) is 0.836. The molecule has 0 radical (unpaired) electrons. The Labute approximate surface area is 83.0 Å². The summed E-state index contributed by atoms with van der Waals surface area (Å²) in [5, 5.41) is 9.49. The van der Waals surface area contributed by atoms with E-state index in [0.29, 0.717) is 5.76 Å². The molecule has 1 N–H and O–H groups in total. The van der Waals surface area contributed by atoms with Crippen LogP contribution in [0.4, 0.5) is 0 Å². The van der Waals surface area contributed by atoms with Gasteiger partial charge in [0.1, 0.15) is 0 Å². The number of carbonyl (C=O) groups excluding carboxylic acids is 1. The summed E-state index contributed by atoms with van der Waals surface area (Å²) in [4.78, 5) is 11.5. The molecule has 1 aromatic rings. The van der Waals surface area contributed by atoms with E-state index in [1.165, 1.54) is 12.3 Å². The van der Waals surface area contributed by atoms with Crippen LogP contribution in [0.25, 0.3) is 5.76 Å². The lowest BCUT2D eigenvalue weighted by atomic mass is 9.90. The Kier molecular flexibility index (Phi) is 2.79. The lowest BCUT2D eigenvalue weighted by Gasteiger charge is -2.13. The highest BCUT2D eigenvalue weighted by molar-refractivity contribution is 5.98. The second kappa shape index (κ2) is 3.70. The minimum Gasteiger partial charge on any atom is -0.504 e. The standard InChI is InChI=1S/C11H14O3/c1-11(2,3)10(13)7-8(12)9-5-4-6-14-9/h4-7,12H,1-3H3. The van der Waals surface area contributed by atoms with Gasteiger partial charge in [0.05, 0.1) is 6.26 Å². The van der Waals surface area contributed by atoms with Gasteiger partial charge in [-0.1, -0.05) is 20.8 Å². The molecule has 3 nitrogen and oxygen atoms in total. The molecule has 0 aliphatic carbocycles. The number of carbonyl (C=O) groups is 1. The first kappa shape index (κ1) is 10.6. The summed E-state index contributed by atoms with van der Waals surface area (Å²) < 4.78 is 4.94. The maximum atomic E-state index is 11.5. The molecule has 1 rings (SSSR count). The van der Waals surface area contributed by atoms with Crippen molar-refractivity contribution in [2.24, 2.45) is 5.41 Å². The zero-order valence-electron chi connectivity index (χ0n) is 8.57. The minimum absolute atomic E-state index is 0.130. The molecule has 1 heterocycles. The number of aliphatic hydroxyl groups excluding tert-OH is 1. The average Bonchev–Trinajstić information content (AvgIpc) is 2.53. The van der Waals surface area contributed by atoms with Gasteiger partial charge in [-0.2, -0.15) is 0 Å². The molecule has 0 aromatic carbocycles. The normalized spacial score (nSPS) is 12.9. The Balaban J connectivity index is 2.85. The van der Waals surface area contributed by atoms with Crippen molar-refractivity contribution in [1.29, 1.82) is 0 Å². The highest BCUT2D eigenvalue weighted by atomic mass is 16.4. The van der Waals surface area contributed by atoms with Gasteiger partial charge in [0.15, 0.2) is 17.3 Å². The Morgan fingerprint density at radius 1 is 1.50 bits per heavy atom. The number of hydrogen-bond acceptors (Lipinski definition) is 3. The molecule has 0 fully saturated rings. The number of aliphatic hydroxyl groups is 1. The Bertz CT molecular complexity index is 339. The van der Waals surface area contributed by atoms with Crippen molar-refractivity contribution in [3.63, 3.8) is 0 Å². The second-order valence-electron chi connectivity index (χ2n) is 4.12. The van der Waals surface area contributed by atoms with E-state index in [1.807, 2.05) is 0 Å². The van der Waals surface area contributed by atoms with Gasteiger partial charge in [-0.05, 0) is 12.1 Å². The predicted molar refractivity (Wildman–Crippen MR) is 53.8 cm³/mol. The van der Waals surface area contributed by atoms with Crippen LogP contribution in [0.1, 0.15) is 26.5 Å². The van der Waals surface area contributed by atoms with Crippen LogP contribution in [0.5, 0.6) is 0 Å². The summed E-state index contributed by atoms with van der Waals surface area (Å²) in [6, 6.07) is 3.25. The predicted octanol–water partition coefficient (Wildman–Crippen LogP) is 2.79. The number of furan rings is 1. The van der Waals surface area contributed by atoms with Crippen LogP contribution in [0.15, 0.2) is 28.9 Å². The fourth-order valence-electron chi connectivity index (χ4n) is 0.836. The largest absolute Gasteiger partial charge is 0.504 e. The first-order valence-electron chi connectivity index (χ1n) is 4.40. The quantitative estimate of drug-likeness (QED) is 0.581. The average molecular weight is 194 g/mol. The first-order chi connectivity index (χ1) is 6.41. The zero-order chi connectivity index (χ0) is 10.8. The van der Waals surface area contributed by atoms with Crippen molar-refractivity contribution >= 4 is 11.5 Å². The van der Waals surface area contributed by atoms with Gasteiger partial charge in [0, 0.05) is 11.5 Å². The maximum Gasteiger partial charge on any atom is 0.168 e. The van der Waals surface area contributed by atoms with E-state index in [1.54, 1.807) is 32.9 Å². The molecule has 0 amide bonds. The molecule has 0 unspecified atom stereocenters. The Morgan fingerprint density at radius 3 is 2.57 bits per heavy atom. The topological polar surface area (TPSA) is 50.4 Å². The number of rotatable bonds is 2. The minimum atomic E-state index is -0.486. The molecule has 0 spiro atoms. The van der Waals surface area contributed by atoms with Crippen LogP contribution in [0.2, 0.25) is 0 Å². The Morgan fingerprint density at radius 2 is 2.14 bits per heavy atom. The second-order valence-corrected chi connectivity index (χ2v) is 4.12. The SMILES string of the molecule is CC(C)(C)C(=O)C=C(O)c1ccco1. The van der Waals surface area contributed by atoms with Gasteiger partial charge in [-0.3, -0.25) is 4.79 Å². The third-order valence-electron chi connectivity index (χ3n) is 1.78. The smallest absolute Gasteiger partial charge is 0.168 e. The maximum absolute atomic E-state index is 11.5. The zero-order valence-corrected chi connectivity index (χ0v) is 8.57. The number of hydrogen-bond donors (Lipinski definition) is 1. The molecule has 0 bridgehead atoms. The molecule has 1 aromatic heterocycles. The van der Waals surface area contributed by atoms with Gasteiger partial charge in [-0.25, -0.2) is 0 Å². The van der Waals surface area contributed by atoms with Gasteiger partial charge >= 0.3 is 0 Å². The lowest BCUT2D eigenvalue weighted by molar-refractivity contribution is -0.121. The third-order valence-corrected chi connectivity index (χ3v) is 1.78. The summed E-state index contributed by atoms with van der Waals surface area (Å²) >= 11 is 0. The summed E-state index contributed by atoms with van der Waals surface area (Å²) in [6.45, 7) is 5.38. The molecule has 0 atom stereocenters. The van der Waals surface area contributed by atoms with Crippen molar-refractivity contribution < 1.29 is 14.3 Å². The van der Waals surface area contributed by atoms with Gasteiger partial charge in [0.25, 0.3) is 0 Å². The molecule has 76 valence electrons. The van der Waals surface area contributed by atoms with Gasteiger partial charge in [0.2, 0.25) is 0 Å². The lowest BCUT2D eigenvalue weighted by Crippen LogP contribution is -2.17. The summed E-state index contributed by atoms with van der Waals surface area (Å²) in [7, 11) is 0. The van der Waals surface area contributed by atoms with Crippen molar-refractivity contribution in [2.45, 2.75) is 20.8 Å². The molecular weight excluding hydrogens is 180 g/mol. The van der Waals surface area contributed by atoms with Gasteiger partial charge in [-0.15, -0.1) is 0 Å². The van der Waals surface area contributed by atoms with Gasteiger partial charge < -0.3 is 9.52 Å². The molecule has 0 saturated heterocycles. The van der Waals surface area contributed by atoms with Crippen molar-refractivity contribution in [1.82, 2.24) is 0 Å². The summed E-state index contributed by atoms with van der Waals surface area (Å²) in [5.74, 6) is 0.0453. The van der Waals surface area contributed by atoms with E-state index in [2.05, 4.69) is 0 Å². The van der Waals surface area contributed by atoms with Crippen molar-refractivity contribution in [3.05, 3.63) is 30.2 Å². The summed E-state index contributed by atoms with van der Waals surface area (Å²) in [6.07, 6.45) is 2.64. The highest BCUT2D eigenvalue weighted by Crippen LogP contribution is 2.19. The van der Waals surface area contributed by atoms with E-state index in [4.69, 9.17) is 4.42 Å². The third kappa shape index (κ3) is 2.49. The highest BCUT2D eigenvalue weighted by Gasteiger charge is 2.20. The van der Waals surface area contributed by atoms with E-state index in [9.17, 15) is 9.90 Å². The fraction of sp³-hybridized carbons (Fsp3) is 0.364. The molecule has 0 saturated carbocycles. The van der Waals surface area contributed by atoms with Crippen LogP contribution in [0, 0.1) is 5.41 Å². The summed E-state index contributed by atoms with van der Waals surface area (Å²) in [5.41, 5.74) is -0.486. The van der Waals surface area contributed by atoms with Crippen LogP contribution < -0.4 is 0 Å². The number of ketones is 1. The van der Waals surface area contributed by atoms with Crippen molar-refractivity contribution in [3.8, 4) is 0 Å². The van der Waals surface area contributed by atoms with Crippen LogP contribution in [0.3, 0.4) is 0 Å². The van der Waals surface area contributed by atoms with Crippen LogP contribution >= 0.6 is 0 Å². The van der Waals surface area contributed by atoms with E-state index in [0.717, 1.165) is 0 Å². The Hall–Kier alpha value is -1.51. The molecule has 14 heavy (non-hydrogen) atoms. The first-order valence-corrected chi connectivity index (χ1v) is 4.40.